The summed E-state index contributed by atoms with van der Waals surface area (Å²) < 4.78 is 21.5. The molecule has 0 unspecified atom stereocenters. The number of benzene rings is 3. The van der Waals surface area contributed by atoms with Gasteiger partial charge in [0, 0.05) is 10.7 Å². The molecule has 3 aromatic carbocycles. The first-order chi connectivity index (χ1) is 14.6. The Morgan fingerprint density at radius 1 is 1.10 bits per heavy atom. The van der Waals surface area contributed by atoms with Crippen LogP contribution in [0.5, 0.6) is 5.75 Å². The minimum absolute atomic E-state index is 0.234. The van der Waals surface area contributed by atoms with Crippen LogP contribution >= 0.6 is 11.6 Å². The predicted octanol–water partition coefficient (Wildman–Crippen LogP) is 4.89. The molecule has 30 heavy (non-hydrogen) atoms. The van der Waals surface area contributed by atoms with Crippen LogP contribution in [0.4, 0.5) is 10.1 Å². The van der Waals surface area contributed by atoms with Gasteiger partial charge >= 0.3 is 0 Å². The van der Waals surface area contributed by atoms with Crippen LogP contribution in [-0.4, -0.2) is 20.7 Å². The third-order valence-corrected chi connectivity index (χ3v) is 4.56. The minimum Gasteiger partial charge on any atom is -0.488 e. The van der Waals surface area contributed by atoms with Crippen molar-refractivity contribution in [2.75, 3.05) is 5.32 Å². The van der Waals surface area contributed by atoms with Crippen molar-refractivity contribution in [3.8, 4) is 11.4 Å². The summed E-state index contributed by atoms with van der Waals surface area (Å²) in [7, 11) is 0. The van der Waals surface area contributed by atoms with Gasteiger partial charge < -0.3 is 10.1 Å². The number of aromatic nitrogens is 3. The molecule has 1 N–H and O–H groups in total. The minimum atomic E-state index is -0.537. The van der Waals surface area contributed by atoms with Crippen LogP contribution in [0, 0.1) is 5.82 Å². The number of para-hydroxylation sites is 1. The van der Waals surface area contributed by atoms with E-state index in [2.05, 4.69) is 15.4 Å². The summed E-state index contributed by atoms with van der Waals surface area (Å²) in [6, 6.07) is 18.5. The van der Waals surface area contributed by atoms with E-state index in [1.54, 1.807) is 42.5 Å². The normalized spacial score (nSPS) is 10.6. The smallest absolute Gasteiger partial charge is 0.259 e. The van der Waals surface area contributed by atoms with E-state index in [1.165, 1.54) is 29.5 Å². The Kier molecular flexibility index (Phi) is 5.72. The van der Waals surface area contributed by atoms with Gasteiger partial charge in [-0.1, -0.05) is 35.9 Å². The first kappa shape index (κ1) is 19.6. The number of nitrogens with zero attached hydrogens (tertiary/aromatic N) is 3. The van der Waals surface area contributed by atoms with Crippen molar-refractivity contribution >= 4 is 23.2 Å². The summed E-state index contributed by atoms with van der Waals surface area (Å²) in [5.41, 5.74) is 1.80. The molecular formula is C22H16ClFN4O2. The van der Waals surface area contributed by atoms with Crippen molar-refractivity contribution in [3.05, 3.63) is 101 Å². The summed E-state index contributed by atoms with van der Waals surface area (Å²) in [4.78, 5) is 16.6. The maximum Gasteiger partial charge on any atom is 0.259 e. The van der Waals surface area contributed by atoms with E-state index in [0.29, 0.717) is 22.0 Å². The lowest BCUT2D eigenvalue weighted by Gasteiger charge is -2.12. The maximum atomic E-state index is 14.4. The average molecular weight is 423 g/mol. The van der Waals surface area contributed by atoms with Crippen molar-refractivity contribution in [1.82, 2.24) is 14.8 Å². The third-order valence-electron chi connectivity index (χ3n) is 4.31. The summed E-state index contributed by atoms with van der Waals surface area (Å²) in [5.74, 6) is -0.523. The molecule has 8 heteroatoms. The Morgan fingerprint density at radius 3 is 2.63 bits per heavy atom. The van der Waals surface area contributed by atoms with Crippen molar-refractivity contribution in [3.63, 3.8) is 0 Å². The van der Waals surface area contributed by atoms with E-state index < -0.39 is 11.7 Å². The van der Waals surface area contributed by atoms with Gasteiger partial charge in [-0.05, 0) is 48.0 Å². The fourth-order valence-electron chi connectivity index (χ4n) is 2.82. The van der Waals surface area contributed by atoms with Crippen LogP contribution in [0.2, 0.25) is 5.02 Å². The monoisotopic (exact) mass is 422 g/mol. The molecule has 150 valence electrons. The van der Waals surface area contributed by atoms with Gasteiger partial charge in [0.15, 0.2) is 5.82 Å². The van der Waals surface area contributed by atoms with Gasteiger partial charge in [-0.3, -0.25) is 4.79 Å². The summed E-state index contributed by atoms with van der Waals surface area (Å²) >= 11 is 5.89. The lowest BCUT2D eigenvalue weighted by molar-refractivity contribution is 0.102. The molecule has 0 saturated heterocycles. The van der Waals surface area contributed by atoms with E-state index in [4.69, 9.17) is 16.3 Å². The zero-order valence-electron chi connectivity index (χ0n) is 15.6. The number of halogens is 2. The second-order valence-electron chi connectivity index (χ2n) is 6.37. The fourth-order valence-corrected chi connectivity index (χ4v) is 2.95. The molecular weight excluding hydrogens is 407 g/mol. The number of hydrogen-bond acceptors (Lipinski definition) is 4. The summed E-state index contributed by atoms with van der Waals surface area (Å²) in [6.45, 7) is 0.280. The van der Waals surface area contributed by atoms with E-state index in [1.807, 2.05) is 12.1 Å². The second-order valence-corrected chi connectivity index (χ2v) is 6.81. The van der Waals surface area contributed by atoms with Crippen molar-refractivity contribution < 1.29 is 13.9 Å². The fraction of sp³-hybridized carbons (Fsp3) is 0.0455. The van der Waals surface area contributed by atoms with Gasteiger partial charge in [0.05, 0.1) is 5.56 Å². The van der Waals surface area contributed by atoms with E-state index in [-0.39, 0.29) is 12.3 Å². The predicted molar refractivity (Wildman–Crippen MR) is 111 cm³/mol. The molecule has 0 aliphatic rings. The van der Waals surface area contributed by atoms with Gasteiger partial charge in [0.2, 0.25) is 0 Å². The second kappa shape index (κ2) is 8.75. The molecule has 6 nitrogen and oxygen atoms in total. The van der Waals surface area contributed by atoms with Crippen molar-refractivity contribution in [2.24, 2.45) is 0 Å². The number of rotatable bonds is 6. The third kappa shape index (κ3) is 4.47. The highest BCUT2D eigenvalue weighted by atomic mass is 35.5. The number of amides is 1. The lowest BCUT2D eigenvalue weighted by Crippen LogP contribution is -2.14. The highest BCUT2D eigenvalue weighted by Crippen LogP contribution is 2.23. The molecule has 4 aromatic rings. The zero-order chi connectivity index (χ0) is 20.9. The molecule has 0 saturated carbocycles. The first-order valence-corrected chi connectivity index (χ1v) is 9.40. The van der Waals surface area contributed by atoms with Crippen LogP contribution < -0.4 is 10.1 Å². The average Bonchev–Trinajstić information content (AvgIpc) is 3.28. The van der Waals surface area contributed by atoms with E-state index in [9.17, 15) is 9.18 Å². The Morgan fingerprint density at radius 2 is 1.90 bits per heavy atom. The summed E-state index contributed by atoms with van der Waals surface area (Å²) in [6.07, 6.45) is 2.71. The zero-order valence-corrected chi connectivity index (χ0v) is 16.4. The van der Waals surface area contributed by atoms with Crippen LogP contribution in [-0.2, 0) is 6.61 Å². The molecule has 0 radical (unpaired) electrons. The molecule has 4 rings (SSSR count). The molecule has 1 amide bonds. The number of carbonyl (C=O) groups excluding carboxylic acids is 1. The Hall–Kier alpha value is -3.71. The van der Waals surface area contributed by atoms with Gasteiger partial charge in [0.25, 0.3) is 5.91 Å². The van der Waals surface area contributed by atoms with E-state index >= 15 is 0 Å². The van der Waals surface area contributed by atoms with Gasteiger partial charge in [-0.15, -0.1) is 0 Å². The number of ether oxygens (including phenoxy) is 1. The Balaban J connectivity index is 1.48. The largest absolute Gasteiger partial charge is 0.488 e. The standard InChI is InChI=1S/C22H16ClFN4O2/c23-16-7-5-15(6-8-16)12-30-21-4-2-1-3-18(21)22(29)27-17-9-10-20(19(24)11-17)28-14-25-13-26-28/h1-11,13-14H,12H2,(H,27,29). The number of nitrogens with one attached hydrogen (secondary N) is 1. The van der Waals surface area contributed by atoms with Gasteiger partial charge in [-0.2, -0.15) is 5.10 Å². The summed E-state index contributed by atoms with van der Waals surface area (Å²) in [5, 5.41) is 7.24. The topological polar surface area (TPSA) is 69.0 Å². The van der Waals surface area contributed by atoms with Gasteiger partial charge in [-0.25, -0.2) is 14.1 Å². The van der Waals surface area contributed by atoms with Gasteiger partial charge in [0.1, 0.15) is 30.7 Å². The van der Waals surface area contributed by atoms with Crippen LogP contribution in [0.25, 0.3) is 5.69 Å². The van der Waals surface area contributed by atoms with Crippen LogP contribution in [0.3, 0.4) is 0 Å². The highest BCUT2D eigenvalue weighted by Gasteiger charge is 2.14. The maximum absolute atomic E-state index is 14.4. The van der Waals surface area contributed by atoms with Crippen LogP contribution in [0.1, 0.15) is 15.9 Å². The highest BCUT2D eigenvalue weighted by molar-refractivity contribution is 6.30. The first-order valence-electron chi connectivity index (χ1n) is 9.02. The molecule has 0 spiro atoms. The SMILES string of the molecule is O=C(Nc1ccc(-n2cncn2)c(F)c1)c1ccccc1OCc1ccc(Cl)cc1. The lowest BCUT2D eigenvalue weighted by atomic mass is 10.1. The molecule has 0 atom stereocenters. The molecule has 0 aliphatic heterocycles. The molecule has 0 aliphatic carbocycles. The molecule has 1 heterocycles. The Labute approximate surface area is 176 Å². The Bertz CT molecular complexity index is 1160. The number of carbonyl (C=O) groups is 1. The quantitative estimate of drug-likeness (QED) is 0.480. The van der Waals surface area contributed by atoms with Crippen molar-refractivity contribution in [2.45, 2.75) is 6.61 Å². The van der Waals surface area contributed by atoms with E-state index in [0.717, 1.165) is 5.56 Å². The molecule has 0 fully saturated rings. The number of anilines is 1. The number of hydrogen-bond donors (Lipinski definition) is 1. The molecule has 1 aromatic heterocycles. The van der Waals surface area contributed by atoms with Crippen molar-refractivity contribution in [1.29, 1.82) is 0 Å². The van der Waals surface area contributed by atoms with Crippen LogP contribution in [0.15, 0.2) is 79.4 Å². The molecule has 0 bridgehead atoms.